The van der Waals surface area contributed by atoms with Gasteiger partial charge in [-0.25, -0.2) is 4.39 Å². The van der Waals surface area contributed by atoms with Crippen LogP contribution in [0.4, 0.5) is 4.39 Å². The molecule has 1 aromatic rings. The lowest BCUT2D eigenvalue weighted by atomic mass is 9.72. The third-order valence-electron chi connectivity index (χ3n) is 5.99. The van der Waals surface area contributed by atoms with Gasteiger partial charge in [0.2, 0.25) is 5.91 Å². The van der Waals surface area contributed by atoms with Gasteiger partial charge in [-0.1, -0.05) is 6.07 Å². The van der Waals surface area contributed by atoms with Crippen molar-refractivity contribution < 1.29 is 9.18 Å². The summed E-state index contributed by atoms with van der Waals surface area (Å²) < 4.78 is 13.6. The van der Waals surface area contributed by atoms with E-state index in [0.717, 1.165) is 69.7 Å². The molecule has 0 aliphatic carbocycles. The van der Waals surface area contributed by atoms with Crippen LogP contribution in [-0.4, -0.2) is 67.4 Å². The van der Waals surface area contributed by atoms with E-state index >= 15 is 0 Å². The topological polar surface area (TPSA) is 26.8 Å². The molecule has 0 radical (unpaired) electrons. The lowest BCUT2D eigenvalue weighted by Crippen LogP contribution is -2.52. The van der Waals surface area contributed by atoms with Crippen molar-refractivity contribution in [2.75, 3.05) is 46.8 Å². The summed E-state index contributed by atoms with van der Waals surface area (Å²) in [5.74, 6) is 0.172. The molecule has 1 spiro atoms. The largest absolute Gasteiger partial charge is 0.341 e. The van der Waals surface area contributed by atoms with Crippen LogP contribution in [0.3, 0.4) is 0 Å². The SMILES string of the molecule is Cc1cc(F)cc(CN2CCC3(CCC(=O)N(CCN(C)C)C3)CC2)c1. The molecule has 0 bridgehead atoms. The van der Waals surface area contributed by atoms with E-state index in [1.807, 2.05) is 6.92 Å². The molecule has 0 unspecified atom stereocenters. The Morgan fingerprint density at radius 2 is 1.88 bits per heavy atom. The Balaban J connectivity index is 1.55. The Morgan fingerprint density at radius 3 is 2.54 bits per heavy atom. The first-order valence-corrected chi connectivity index (χ1v) is 9.76. The number of nitrogens with zero attached hydrogens (tertiary/aromatic N) is 3. The average molecular weight is 362 g/mol. The molecule has 3 rings (SSSR count). The van der Waals surface area contributed by atoms with Gasteiger partial charge in [-0.2, -0.15) is 0 Å². The molecular weight excluding hydrogens is 329 g/mol. The number of rotatable bonds is 5. The van der Waals surface area contributed by atoms with Gasteiger partial charge < -0.3 is 9.80 Å². The fourth-order valence-electron chi connectivity index (χ4n) is 4.38. The van der Waals surface area contributed by atoms with Crippen LogP contribution in [0.1, 0.15) is 36.8 Å². The maximum absolute atomic E-state index is 13.6. The van der Waals surface area contributed by atoms with Crippen molar-refractivity contribution in [3.8, 4) is 0 Å². The molecule has 4 nitrogen and oxygen atoms in total. The minimum Gasteiger partial charge on any atom is -0.341 e. The quantitative estimate of drug-likeness (QED) is 0.807. The Kier molecular flexibility index (Phi) is 5.98. The molecule has 0 saturated carbocycles. The van der Waals surface area contributed by atoms with E-state index in [4.69, 9.17) is 0 Å². The summed E-state index contributed by atoms with van der Waals surface area (Å²) in [6.45, 7) is 7.49. The van der Waals surface area contributed by atoms with E-state index in [2.05, 4.69) is 34.9 Å². The molecule has 144 valence electrons. The highest BCUT2D eigenvalue weighted by atomic mass is 19.1. The minimum atomic E-state index is -0.143. The van der Waals surface area contributed by atoms with Gasteiger partial charge in [0.15, 0.2) is 0 Å². The van der Waals surface area contributed by atoms with Crippen molar-refractivity contribution >= 4 is 5.91 Å². The van der Waals surface area contributed by atoms with Crippen molar-refractivity contribution in [1.29, 1.82) is 0 Å². The molecule has 0 N–H and O–H groups in total. The second-order valence-electron chi connectivity index (χ2n) is 8.53. The monoisotopic (exact) mass is 361 g/mol. The van der Waals surface area contributed by atoms with Gasteiger partial charge in [-0.05, 0) is 82.0 Å². The summed E-state index contributed by atoms with van der Waals surface area (Å²) in [6.07, 6.45) is 3.98. The third-order valence-corrected chi connectivity index (χ3v) is 5.99. The van der Waals surface area contributed by atoms with Gasteiger partial charge in [0.1, 0.15) is 5.82 Å². The van der Waals surface area contributed by atoms with E-state index < -0.39 is 0 Å². The molecule has 1 amide bonds. The van der Waals surface area contributed by atoms with Crippen LogP contribution in [0.15, 0.2) is 18.2 Å². The molecule has 2 heterocycles. The molecule has 26 heavy (non-hydrogen) atoms. The maximum Gasteiger partial charge on any atom is 0.222 e. The number of carbonyl (C=O) groups is 1. The minimum absolute atomic E-state index is 0.143. The van der Waals surface area contributed by atoms with Crippen LogP contribution in [0.25, 0.3) is 0 Å². The summed E-state index contributed by atoms with van der Waals surface area (Å²) in [4.78, 5) is 18.9. The first-order chi connectivity index (χ1) is 12.3. The molecule has 2 saturated heterocycles. The van der Waals surface area contributed by atoms with Crippen LogP contribution in [0.5, 0.6) is 0 Å². The van der Waals surface area contributed by atoms with Crippen LogP contribution in [0.2, 0.25) is 0 Å². The molecule has 0 aromatic heterocycles. The first-order valence-electron chi connectivity index (χ1n) is 9.76. The van der Waals surface area contributed by atoms with E-state index in [-0.39, 0.29) is 11.2 Å². The van der Waals surface area contributed by atoms with E-state index in [1.54, 1.807) is 12.1 Å². The average Bonchev–Trinajstić information content (AvgIpc) is 2.57. The number of aryl methyl sites for hydroxylation is 1. The number of benzene rings is 1. The van der Waals surface area contributed by atoms with Crippen molar-refractivity contribution in [3.05, 3.63) is 35.1 Å². The smallest absolute Gasteiger partial charge is 0.222 e. The van der Waals surface area contributed by atoms with Gasteiger partial charge in [0, 0.05) is 32.6 Å². The standard InChI is InChI=1S/C21H32FN3O/c1-17-12-18(14-19(22)13-17)15-24-8-6-21(7-9-24)5-4-20(26)25(16-21)11-10-23(2)3/h12-14H,4-11,15-16H2,1-3H3. The van der Waals surface area contributed by atoms with Crippen molar-refractivity contribution in [2.24, 2.45) is 5.41 Å². The lowest BCUT2D eigenvalue weighted by Gasteiger charge is -2.47. The lowest BCUT2D eigenvalue weighted by molar-refractivity contribution is -0.139. The number of halogens is 1. The summed E-state index contributed by atoms with van der Waals surface area (Å²) >= 11 is 0. The Hall–Kier alpha value is -1.46. The molecule has 2 aliphatic rings. The van der Waals surface area contributed by atoms with Crippen LogP contribution in [-0.2, 0) is 11.3 Å². The van der Waals surface area contributed by atoms with Gasteiger partial charge >= 0.3 is 0 Å². The fourth-order valence-corrected chi connectivity index (χ4v) is 4.38. The van der Waals surface area contributed by atoms with Crippen molar-refractivity contribution in [1.82, 2.24) is 14.7 Å². The number of likely N-dealkylation sites (N-methyl/N-ethyl adjacent to an activating group) is 1. The maximum atomic E-state index is 13.6. The zero-order chi connectivity index (χ0) is 18.7. The second-order valence-corrected chi connectivity index (χ2v) is 8.53. The van der Waals surface area contributed by atoms with Crippen molar-refractivity contribution in [3.63, 3.8) is 0 Å². The zero-order valence-electron chi connectivity index (χ0n) is 16.4. The Labute approximate surface area is 157 Å². The van der Waals surface area contributed by atoms with E-state index in [0.29, 0.717) is 12.3 Å². The summed E-state index contributed by atoms with van der Waals surface area (Å²) in [6, 6.07) is 5.31. The van der Waals surface area contributed by atoms with Crippen LogP contribution in [0, 0.1) is 18.2 Å². The number of amides is 1. The molecule has 2 aliphatic heterocycles. The Morgan fingerprint density at radius 1 is 1.15 bits per heavy atom. The Bertz CT molecular complexity index is 618. The van der Waals surface area contributed by atoms with E-state index in [9.17, 15) is 9.18 Å². The third kappa shape index (κ3) is 4.83. The number of hydrogen-bond acceptors (Lipinski definition) is 3. The van der Waals surface area contributed by atoms with Gasteiger partial charge in [0.25, 0.3) is 0 Å². The van der Waals surface area contributed by atoms with E-state index in [1.165, 1.54) is 0 Å². The number of piperidine rings is 2. The fraction of sp³-hybridized carbons (Fsp3) is 0.667. The molecule has 2 fully saturated rings. The summed E-state index contributed by atoms with van der Waals surface area (Å²) in [7, 11) is 4.10. The highest BCUT2D eigenvalue weighted by Crippen LogP contribution is 2.40. The molecular formula is C21H32FN3O. The van der Waals surface area contributed by atoms with Gasteiger partial charge in [0.05, 0.1) is 0 Å². The zero-order valence-corrected chi connectivity index (χ0v) is 16.4. The number of hydrogen-bond donors (Lipinski definition) is 0. The predicted octanol–water partition coefficient (Wildman–Crippen LogP) is 2.90. The normalized spacial score (nSPS) is 21.0. The summed E-state index contributed by atoms with van der Waals surface area (Å²) in [5.41, 5.74) is 2.33. The summed E-state index contributed by atoms with van der Waals surface area (Å²) in [5, 5.41) is 0. The predicted molar refractivity (Wildman–Crippen MR) is 102 cm³/mol. The number of carbonyl (C=O) groups excluding carboxylic acids is 1. The molecule has 5 heteroatoms. The molecule has 1 aromatic carbocycles. The van der Waals surface area contributed by atoms with Crippen molar-refractivity contribution in [2.45, 2.75) is 39.2 Å². The number of likely N-dealkylation sites (tertiary alicyclic amines) is 2. The highest BCUT2D eigenvalue weighted by molar-refractivity contribution is 5.77. The van der Waals surface area contributed by atoms with Crippen LogP contribution < -0.4 is 0 Å². The first kappa shape index (κ1) is 19.3. The highest BCUT2D eigenvalue weighted by Gasteiger charge is 2.40. The second kappa shape index (κ2) is 8.05. The van der Waals surface area contributed by atoms with Crippen LogP contribution >= 0.6 is 0 Å². The van der Waals surface area contributed by atoms with Gasteiger partial charge in [-0.15, -0.1) is 0 Å². The molecule has 0 atom stereocenters. The van der Waals surface area contributed by atoms with Gasteiger partial charge in [-0.3, -0.25) is 9.69 Å².